The Morgan fingerprint density at radius 3 is 1.72 bits per heavy atom. The SMILES string of the molecule is O=C(O)[C@@H](c1ccccc1)[C@@H](O)c1ccccc1. The van der Waals surface area contributed by atoms with Crippen molar-refractivity contribution in [3.63, 3.8) is 0 Å². The van der Waals surface area contributed by atoms with E-state index in [-0.39, 0.29) is 0 Å². The van der Waals surface area contributed by atoms with Crippen molar-refractivity contribution < 1.29 is 15.0 Å². The number of aliphatic carboxylic acids is 1. The van der Waals surface area contributed by atoms with Gasteiger partial charge in [-0.25, -0.2) is 0 Å². The van der Waals surface area contributed by atoms with Gasteiger partial charge in [0.2, 0.25) is 0 Å². The van der Waals surface area contributed by atoms with E-state index in [4.69, 9.17) is 0 Å². The van der Waals surface area contributed by atoms with Crippen LogP contribution in [0.25, 0.3) is 0 Å². The van der Waals surface area contributed by atoms with E-state index in [1.807, 2.05) is 12.1 Å². The molecule has 0 fully saturated rings. The van der Waals surface area contributed by atoms with Crippen molar-refractivity contribution in [1.29, 1.82) is 0 Å². The molecule has 0 aromatic heterocycles. The fourth-order valence-electron chi connectivity index (χ4n) is 1.96. The molecular formula is C15H14O3. The third-order valence-electron chi connectivity index (χ3n) is 2.88. The van der Waals surface area contributed by atoms with E-state index in [1.54, 1.807) is 48.5 Å². The summed E-state index contributed by atoms with van der Waals surface area (Å²) in [5, 5.41) is 19.5. The number of carboxylic acids is 1. The molecule has 0 saturated carbocycles. The van der Waals surface area contributed by atoms with Crippen LogP contribution in [0.4, 0.5) is 0 Å². The van der Waals surface area contributed by atoms with Crippen LogP contribution in [0, 0.1) is 0 Å². The van der Waals surface area contributed by atoms with Crippen LogP contribution in [0.15, 0.2) is 60.7 Å². The molecule has 0 bridgehead atoms. The molecule has 2 aromatic rings. The highest BCUT2D eigenvalue weighted by Crippen LogP contribution is 2.30. The summed E-state index contributed by atoms with van der Waals surface area (Å²) in [6, 6.07) is 17.6. The second-order valence-corrected chi connectivity index (χ2v) is 4.08. The molecule has 3 heteroatoms. The van der Waals surface area contributed by atoms with Gasteiger partial charge in [-0.1, -0.05) is 60.7 Å². The zero-order valence-electron chi connectivity index (χ0n) is 9.73. The number of rotatable bonds is 4. The molecule has 2 rings (SSSR count). The summed E-state index contributed by atoms with van der Waals surface area (Å²) in [4.78, 5) is 11.4. The van der Waals surface area contributed by atoms with Crippen molar-refractivity contribution in [3.8, 4) is 0 Å². The van der Waals surface area contributed by atoms with Crippen molar-refractivity contribution >= 4 is 5.97 Å². The smallest absolute Gasteiger partial charge is 0.314 e. The lowest BCUT2D eigenvalue weighted by Gasteiger charge is -2.19. The van der Waals surface area contributed by atoms with Gasteiger partial charge in [-0.2, -0.15) is 0 Å². The maximum Gasteiger partial charge on any atom is 0.314 e. The highest BCUT2D eigenvalue weighted by molar-refractivity contribution is 5.77. The fourth-order valence-corrected chi connectivity index (χ4v) is 1.96. The number of benzene rings is 2. The first-order valence-electron chi connectivity index (χ1n) is 5.71. The summed E-state index contributed by atoms with van der Waals surface area (Å²) in [6.45, 7) is 0. The Balaban J connectivity index is 2.35. The lowest BCUT2D eigenvalue weighted by molar-refractivity contribution is -0.141. The summed E-state index contributed by atoms with van der Waals surface area (Å²) in [6.07, 6.45) is -1.05. The Morgan fingerprint density at radius 1 is 0.833 bits per heavy atom. The molecule has 2 aromatic carbocycles. The molecule has 92 valence electrons. The van der Waals surface area contributed by atoms with Gasteiger partial charge in [0, 0.05) is 0 Å². The van der Waals surface area contributed by atoms with Gasteiger partial charge >= 0.3 is 5.97 Å². The van der Waals surface area contributed by atoms with Crippen LogP contribution < -0.4 is 0 Å². The molecule has 0 heterocycles. The first kappa shape index (κ1) is 12.3. The molecule has 18 heavy (non-hydrogen) atoms. The van der Waals surface area contributed by atoms with Crippen LogP contribution in [0.3, 0.4) is 0 Å². The van der Waals surface area contributed by atoms with Crippen molar-refractivity contribution in [2.45, 2.75) is 12.0 Å². The molecule has 0 amide bonds. The number of carbonyl (C=O) groups is 1. The number of aliphatic hydroxyl groups is 1. The molecule has 0 aliphatic carbocycles. The van der Waals surface area contributed by atoms with Crippen LogP contribution in [-0.4, -0.2) is 16.2 Å². The van der Waals surface area contributed by atoms with E-state index in [0.29, 0.717) is 11.1 Å². The Morgan fingerprint density at radius 2 is 1.28 bits per heavy atom. The van der Waals surface area contributed by atoms with Crippen LogP contribution in [-0.2, 0) is 4.79 Å². The summed E-state index contributed by atoms with van der Waals surface area (Å²) in [7, 11) is 0. The van der Waals surface area contributed by atoms with E-state index in [0.717, 1.165) is 0 Å². The predicted octanol–water partition coefficient (Wildman–Crippen LogP) is 2.59. The molecule has 0 aliphatic rings. The van der Waals surface area contributed by atoms with E-state index in [2.05, 4.69) is 0 Å². The Labute approximate surface area is 105 Å². The van der Waals surface area contributed by atoms with Crippen molar-refractivity contribution in [1.82, 2.24) is 0 Å². The molecule has 0 unspecified atom stereocenters. The van der Waals surface area contributed by atoms with Gasteiger partial charge in [0.1, 0.15) is 5.92 Å². The zero-order chi connectivity index (χ0) is 13.0. The van der Waals surface area contributed by atoms with Gasteiger partial charge in [0.15, 0.2) is 0 Å². The molecule has 0 aliphatic heterocycles. The fraction of sp³-hybridized carbons (Fsp3) is 0.133. The molecule has 3 nitrogen and oxygen atoms in total. The quantitative estimate of drug-likeness (QED) is 0.866. The number of hydrogen-bond acceptors (Lipinski definition) is 2. The van der Waals surface area contributed by atoms with Gasteiger partial charge in [-0.15, -0.1) is 0 Å². The molecular weight excluding hydrogens is 228 g/mol. The topological polar surface area (TPSA) is 57.5 Å². The summed E-state index contributed by atoms with van der Waals surface area (Å²) in [5.74, 6) is -1.98. The van der Waals surface area contributed by atoms with Gasteiger partial charge in [-0.3, -0.25) is 4.79 Å². The van der Waals surface area contributed by atoms with Gasteiger partial charge in [0.05, 0.1) is 6.10 Å². The van der Waals surface area contributed by atoms with E-state index in [1.165, 1.54) is 0 Å². The van der Waals surface area contributed by atoms with Crippen LogP contribution in [0.2, 0.25) is 0 Å². The molecule has 0 spiro atoms. The van der Waals surface area contributed by atoms with E-state index in [9.17, 15) is 15.0 Å². The second kappa shape index (κ2) is 5.47. The zero-order valence-corrected chi connectivity index (χ0v) is 9.73. The van der Waals surface area contributed by atoms with Crippen LogP contribution >= 0.6 is 0 Å². The Bertz CT molecular complexity index is 508. The van der Waals surface area contributed by atoms with E-state index < -0.39 is 18.0 Å². The highest BCUT2D eigenvalue weighted by Gasteiger charge is 2.29. The maximum atomic E-state index is 11.4. The molecule has 0 saturated heterocycles. The van der Waals surface area contributed by atoms with Gasteiger partial charge in [0.25, 0.3) is 0 Å². The van der Waals surface area contributed by atoms with Gasteiger partial charge in [-0.05, 0) is 11.1 Å². The number of carboxylic acid groups (broad SMARTS) is 1. The third kappa shape index (κ3) is 2.57. The monoisotopic (exact) mass is 242 g/mol. The molecule has 2 N–H and O–H groups in total. The molecule has 0 radical (unpaired) electrons. The number of hydrogen-bond donors (Lipinski definition) is 2. The number of aliphatic hydroxyl groups excluding tert-OH is 1. The lowest BCUT2D eigenvalue weighted by atomic mass is 9.89. The highest BCUT2D eigenvalue weighted by atomic mass is 16.4. The minimum atomic E-state index is -1.05. The minimum absolute atomic E-state index is 0.598. The first-order chi connectivity index (χ1) is 8.70. The average molecular weight is 242 g/mol. The van der Waals surface area contributed by atoms with Crippen LogP contribution in [0.5, 0.6) is 0 Å². The van der Waals surface area contributed by atoms with Gasteiger partial charge < -0.3 is 10.2 Å². The normalized spacial score (nSPS) is 13.8. The van der Waals surface area contributed by atoms with Crippen molar-refractivity contribution in [2.24, 2.45) is 0 Å². The maximum absolute atomic E-state index is 11.4. The minimum Gasteiger partial charge on any atom is -0.481 e. The standard InChI is InChI=1S/C15H14O3/c16-14(12-9-5-2-6-10-12)13(15(17)18)11-7-3-1-4-8-11/h1-10,13-14,16H,(H,17,18)/t13-,14-/m0/s1. The van der Waals surface area contributed by atoms with E-state index >= 15 is 0 Å². The predicted molar refractivity (Wildman–Crippen MR) is 68.2 cm³/mol. The first-order valence-corrected chi connectivity index (χ1v) is 5.71. The largest absolute Gasteiger partial charge is 0.481 e. The summed E-state index contributed by atoms with van der Waals surface area (Å²) in [5.41, 5.74) is 1.20. The van der Waals surface area contributed by atoms with Crippen LogP contribution in [0.1, 0.15) is 23.1 Å². The lowest BCUT2D eigenvalue weighted by Crippen LogP contribution is -2.19. The second-order valence-electron chi connectivity index (χ2n) is 4.08. The Hall–Kier alpha value is -2.13. The van der Waals surface area contributed by atoms with Crippen molar-refractivity contribution in [2.75, 3.05) is 0 Å². The summed E-state index contributed by atoms with van der Waals surface area (Å²) >= 11 is 0. The Kier molecular flexibility index (Phi) is 3.75. The molecule has 2 atom stereocenters. The third-order valence-corrected chi connectivity index (χ3v) is 2.88. The average Bonchev–Trinajstić information content (AvgIpc) is 2.40. The summed E-state index contributed by atoms with van der Waals surface area (Å²) < 4.78 is 0. The van der Waals surface area contributed by atoms with Crippen molar-refractivity contribution in [3.05, 3.63) is 71.8 Å².